The summed E-state index contributed by atoms with van der Waals surface area (Å²) in [5.74, 6) is -1.80. The summed E-state index contributed by atoms with van der Waals surface area (Å²) >= 11 is 0. The number of sulfonamides is 1. The van der Waals surface area contributed by atoms with Crippen LogP contribution >= 0.6 is 0 Å². The van der Waals surface area contributed by atoms with E-state index in [1.165, 1.54) is 30.5 Å². The van der Waals surface area contributed by atoms with Gasteiger partial charge < -0.3 is 10.4 Å². The fourth-order valence-corrected chi connectivity index (χ4v) is 3.44. The number of aromatic nitrogens is 1. The van der Waals surface area contributed by atoms with Gasteiger partial charge in [-0.25, -0.2) is 13.4 Å². The number of hydrogen-bond acceptors (Lipinski definition) is 5. The Morgan fingerprint density at radius 2 is 2.00 bits per heavy atom. The molecule has 0 unspecified atom stereocenters. The van der Waals surface area contributed by atoms with Crippen LogP contribution in [0.5, 0.6) is 0 Å². The molecule has 0 radical (unpaired) electrons. The zero-order valence-corrected chi connectivity index (χ0v) is 12.4. The van der Waals surface area contributed by atoms with Gasteiger partial charge in [-0.3, -0.25) is 9.10 Å². The van der Waals surface area contributed by atoms with E-state index in [9.17, 15) is 18.3 Å². The van der Waals surface area contributed by atoms with Crippen LogP contribution in [0.25, 0.3) is 5.76 Å². The van der Waals surface area contributed by atoms with Gasteiger partial charge in [0, 0.05) is 22.8 Å². The summed E-state index contributed by atoms with van der Waals surface area (Å²) in [5.41, 5.74) is -1.05. The van der Waals surface area contributed by atoms with E-state index >= 15 is 0 Å². The van der Waals surface area contributed by atoms with Crippen molar-refractivity contribution >= 4 is 27.5 Å². The van der Waals surface area contributed by atoms with E-state index in [0.29, 0.717) is 0 Å². The van der Waals surface area contributed by atoms with E-state index in [1.54, 1.807) is 12.1 Å². The van der Waals surface area contributed by atoms with Gasteiger partial charge in [-0.05, 0) is 24.3 Å². The van der Waals surface area contributed by atoms with Crippen molar-refractivity contribution in [1.29, 1.82) is 0 Å². The van der Waals surface area contributed by atoms with Gasteiger partial charge in [-0.2, -0.15) is 0 Å². The van der Waals surface area contributed by atoms with Crippen molar-refractivity contribution in [3.8, 4) is 0 Å². The molecule has 2 aromatic rings. The number of aliphatic hydroxyl groups is 1. The molecule has 0 atom stereocenters. The first-order valence-corrected chi connectivity index (χ1v) is 7.88. The number of nitrogens with zero attached hydrogens (tertiary/aromatic N) is 2. The van der Waals surface area contributed by atoms with Gasteiger partial charge in [-0.15, -0.1) is 0 Å². The normalized spacial score (nSPS) is 18.4. The van der Waals surface area contributed by atoms with Gasteiger partial charge in [0.1, 0.15) is 5.82 Å². The average molecular weight is 337 g/mol. The Labute approximate surface area is 137 Å². The number of rotatable bonds is 2. The molecule has 1 aliphatic rings. The van der Waals surface area contributed by atoms with Crippen molar-refractivity contribution in [3.05, 3.63) is 59.9 Å². The van der Waals surface area contributed by atoms with Gasteiger partial charge in [0.05, 0.1) is 4.90 Å². The number of anilines is 1. The summed E-state index contributed by atoms with van der Waals surface area (Å²) in [6, 6.07) is 9.90. The highest BCUT2D eigenvalue weighted by atomic mass is 32.2. The maximum Gasteiger partial charge on any atom is 0.277 e. The zero-order valence-electron chi connectivity index (χ0n) is 14.6. The Morgan fingerprint density at radius 3 is 2.70 bits per heavy atom. The summed E-state index contributed by atoms with van der Waals surface area (Å²) < 4.78 is 48.2. The van der Waals surface area contributed by atoms with Crippen LogP contribution in [0, 0.1) is 0 Å². The number of carbonyl (C=O) groups is 1. The van der Waals surface area contributed by atoms with Crippen LogP contribution in [-0.4, -0.2) is 35.7 Å². The summed E-state index contributed by atoms with van der Waals surface area (Å²) in [6.07, 6.45) is 1.39. The summed E-state index contributed by atoms with van der Waals surface area (Å²) in [5, 5.41) is 12.8. The lowest BCUT2D eigenvalue weighted by Crippen LogP contribution is -2.37. The van der Waals surface area contributed by atoms with Crippen molar-refractivity contribution < 1.29 is 22.4 Å². The summed E-state index contributed by atoms with van der Waals surface area (Å²) in [6.45, 7) is -3.23. The molecule has 1 amide bonds. The third-order valence-corrected chi connectivity index (χ3v) is 4.78. The minimum absolute atomic E-state index is 0.0457. The molecule has 1 aromatic carbocycles. The van der Waals surface area contributed by atoms with Crippen molar-refractivity contribution in [2.45, 2.75) is 4.90 Å². The van der Waals surface area contributed by atoms with Crippen LogP contribution in [0.1, 0.15) is 9.68 Å². The third kappa shape index (κ3) is 2.42. The van der Waals surface area contributed by atoms with Crippen molar-refractivity contribution in [1.82, 2.24) is 9.29 Å². The van der Waals surface area contributed by atoms with Crippen molar-refractivity contribution in [2.24, 2.45) is 0 Å². The Kier molecular flexibility index (Phi) is 2.74. The topological polar surface area (TPSA) is 99.6 Å². The van der Waals surface area contributed by atoms with Gasteiger partial charge in [0.25, 0.3) is 15.9 Å². The maximum atomic E-state index is 12.8. The summed E-state index contributed by atoms with van der Waals surface area (Å²) in [7, 11) is -4.59. The van der Waals surface area contributed by atoms with Crippen LogP contribution in [0.3, 0.4) is 0 Å². The molecule has 118 valence electrons. The van der Waals surface area contributed by atoms with Crippen molar-refractivity contribution in [2.75, 3.05) is 12.3 Å². The molecule has 8 heteroatoms. The molecular weight excluding hydrogens is 318 g/mol. The summed E-state index contributed by atoms with van der Waals surface area (Å²) in [4.78, 5) is 16.1. The Bertz CT molecular complexity index is 1000. The minimum Gasteiger partial charge on any atom is -0.505 e. The van der Waals surface area contributed by atoms with Crippen molar-refractivity contribution in [3.63, 3.8) is 0 Å². The molecule has 1 aliphatic heterocycles. The first-order chi connectivity index (χ1) is 12.1. The highest BCUT2D eigenvalue weighted by molar-refractivity contribution is 7.89. The largest absolute Gasteiger partial charge is 0.505 e. The number of pyridine rings is 1. The number of amides is 1. The quantitative estimate of drug-likeness (QED) is 0.867. The SMILES string of the molecule is [3H]C([3H])([3H])N1C(C(=O)Nc2ccccn2)=C(O)c2ccccc2S1(=O)=O. The van der Waals surface area contributed by atoms with Crippen LogP contribution in [0.2, 0.25) is 0 Å². The monoisotopic (exact) mass is 337 g/mol. The number of fused-ring (bicyclic) bond motifs is 1. The predicted octanol–water partition coefficient (Wildman–Crippen LogP) is 1.58. The van der Waals surface area contributed by atoms with Gasteiger partial charge in [0.15, 0.2) is 11.5 Å². The standard InChI is InChI=1S/C15H13N3O4S/c1-18-13(15(20)17-12-8-4-5-9-16-12)14(19)10-6-2-3-7-11(10)23(18,21)22/h2-9,19H,1H3,(H,16,17,20)/i1T3. The lowest BCUT2D eigenvalue weighted by atomic mass is 10.1. The molecule has 23 heavy (non-hydrogen) atoms. The molecule has 7 nitrogen and oxygen atoms in total. The number of aliphatic hydroxyl groups excluding tert-OH is 1. The second-order valence-electron chi connectivity index (χ2n) is 4.63. The molecule has 0 fully saturated rings. The van der Waals surface area contributed by atoms with E-state index in [0.717, 1.165) is 6.07 Å². The second kappa shape index (κ2) is 5.40. The molecule has 0 spiro atoms. The maximum absolute atomic E-state index is 12.8. The van der Waals surface area contributed by atoms with Crippen LogP contribution in [-0.2, 0) is 14.8 Å². The van der Waals surface area contributed by atoms with Crippen LogP contribution in [0.15, 0.2) is 59.3 Å². The Balaban J connectivity index is 2.20. The molecule has 3 rings (SSSR count). The molecule has 0 aliphatic carbocycles. The third-order valence-electron chi connectivity index (χ3n) is 3.21. The lowest BCUT2D eigenvalue weighted by molar-refractivity contribution is -0.113. The lowest BCUT2D eigenvalue weighted by Gasteiger charge is -2.28. The van der Waals surface area contributed by atoms with E-state index in [4.69, 9.17) is 4.11 Å². The van der Waals surface area contributed by atoms with E-state index in [-0.39, 0.29) is 15.7 Å². The number of likely N-dealkylation sites (N-methyl/N-ethyl adjacent to an activating group) is 1. The van der Waals surface area contributed by atoms with E-state index < -0.39 is 39.3 Å². The highest BCUT2D eigenvalue weighted by Crippen LogP contribution is 2.34. The zero-order chi connectivity index (χ0) is 19.1. The molecular formula is C15H13N3O4S. The molecule has 0 saturated carbocycles. The number of nitrogens with one attached hydrogen (secondary N) is 1. The number of benzene rings is 1. The Morgan fingerprint density at radius 1 is 1.26 bits per heavy atom. The second-order valence-corrected chi connectivity index (χ2v) is 6.39. The first kappa shape index (κ1) is 11.7. The molecule has 2 heterocycles. The molecule has 0 saturated heterocycles. The smallest absolute Gasteiger partial charge is 0.277 e. The van der Waals surface area contributed by atoms with Gasteiger partial charge >= 0.3 is 0 Å². The average Bonchev–Trinajstić information content (AvgIpc) is 2.57. The Hall–Kier alpha value is -2.87. The molecule has 2 N–H and O–H groups in total. The molecule has 0 bridgehead atoms. The highest BCUT2D eigenvalue weighted by Gasteiger charge is 2.37. The number of carbonyl (C=O) groups excluding carboxylic acids is 1. The fourth-order valence-electron chi connectivity index (χ4n) is 2.14. The first-order valence-electron chi connectivity index (χ1n) is 7.94. The van der Waals surface area contributed by atoms with Crippen LogP contribution < -0.4 is 5.32 Å². The van der Waals surface area contributed by atoms with Crippen LogP contribution in [0.4, 0.5) is 5.82 Å². The van der Waals surface area contributed by atoms with E-state index in [1.807, 2.05) is 0 Å². The predicted molar refractivity (Wildman–Crippen MR) is 83.8 cm³/mol. The number of hydrogen-bond donors (Lipinski definition) is 2. The van der Waals surface area contributed by atoms with Gasteiger partial charge in [0.2, 0.25) is 0 Å². The van der Waals surface area contributed by atoms with E-state index in [2.05, 4.69) is 10.3 Å². The molecule has 1 aromatic heterocycles. The fraction of sp³-hybridized carbons (Fsp3) is 0.0667. The minimum atomic E-state index is -4.59. The van der Waals surface area contributed by atoms with Gasteiger partial charge in [-0.1, -0.05) is 18.2 Å².